The Bertz CT molecular complexity index is 794. The Labute approximate surface area is 146 Å². The van der Waals surface area contributed by atoms with Gasteiger partial charge in [-0.3, -0.25) is 14.9 Å². The Hall–Kier alpha value is -3.10. The van der Waals surface area contributed by atoms with Gasteiger partial charge >= 0.3 is 12.1 Å². The Morgan fingerprint density at radius 1 is 1.12 bits per heavy atom. The first-order valence-corrected chi connectivity index (χ1v) is 7.57. The average molecular weight is 368 g/mol. The SMILES string of the molecule is O=C(CCNc1ccccc1[N+](=O)[O-])OCc1ccccc1C(F)(F)F. The van der Waals surface area contributed by atoms with Crippen LogP contribution in [-0.4, -0.2) is 17.4 Å². The average Bonchev–Trinajstić information content (AvgIpc) is 2.59. The molecule has 0 saturated carbocycles. The van der Waals surface area contributed by atoms with Crippen molar-refractivity contribution in [2.45, 2.75) is 19.2 Å². The van der Waals surface area contributed by atoms with Crippen molar-refractivity contribution in [2.24, 2.45) is 0 Å². The number of para-hydroxylation sites is 2. The molecule has 6 nitrogen and oxygen atoms in total. The third kappa shape index (κ3) is 5.20. The summed E-state index contributed by atoms with van der Waals surface area (Å²) in [6, 6.07) is 10.7. The maximum Gasteiger partial charge on any atom is 0.416 e. The van der Waals surface area contributed by atoms with E-state index in [1.165, 1.54) is 36.4 Å². The first-order chi connectivity index (χ1) is 12.3. The second kappa shape index (κ2) is 8.32. The van der Waals surface area contributed by atoms with Gasteiger partial charge in [-0.05, 0) is 12.1 Å². The first kappa shape index (κ1) is 19.2. The molecular weight excluding hydrogens is 353 g/mol. The lowest BCUT2D eigenvalue weighted by molar-refractivity contribution is -0.384. The van der Waals surface area contributed by atoms with Crippen molar-refractivity contribution in [3.8, 4) is 0 Å². The summed E-state index contributed by atoms with van der Waals surface area (Å²) in [6.45, 7) is -0.454. The molecule has 0 atom stereocenters. The molecule has 2 aromatic carbocycles. The Morgan fingerprint density at radius 2 is 1.77 bits per heavy atom. The number of halogens is 3. The summed E-state index contributed by atoms with van der Waals surface area (Å²) < 4.78 is 43.4. The van der Waals surface area contributed by atoms with E-state index >= 15 is 0 Å². The molecule has 0 fully saturated rings. The second-order valence-corrected chi connectivity index (χ2v) is 5.27. The Balaban J connectivity index is 1.87. The van der Waals surface area contributed by atoms with Gasteiger partial charge in [-0.1, -0.05) is 30.3 Å². The maximum absolute atomic E-state index is 12.9. The number of alkyl halides is 3. The molecule has 0 aromatic heterocycles. The smallest absolute Gasteiger partial charge is 0.416 e. The topological polar surface area (TPSA) is 81.5 Å². The van der Waals surface area contributed by atoms with Gasteiger partial charge in [-0.15, -0.1) is 0 Å². The normalized spacial score (nSPS) is 11.0. The number of carbonyl (C=O) groups excluding carboxylic acids is 1. The lowest BCUT2D eigenvalue weighted by atomic mass is 10.1. The molecule has 0 aliphatic carbocycles. The van der Waals surface area contributed by atoms with Crippen LogP contribution in [0.15, 0.2) is 48.5 Å². The van der Waals surface area contributed by atoms with Gasteiger partial charge in [0.15, 0.2) is 0 Å². The molecule has 0 amide bonds. The minimum Gasteiger partial charge on any atom is -0.461 e. The summed E-state index contributed by atoms with van der Waals surface area (Å²) >= 11 is 0. The molecule has 9 heteroatoms. The molecule has 0 radical (unpaired) electrons. The van der Waals surface area contributed by atoms with Gasteiger partial charge in [-0.25, -0.2) is 0 Å². The van der Waals surface area contributed by atoms with Crippen LogP contribution in [0.1, 0.15) is 17.5 Å². The molecule has 0 heterocycles. The van der Waals surface area contributed by atoms with Crippen LogP contribution < -0.4 is 5.32 Å². The molecule has 26 heavy (non-hydrogen) atoms. The summed E-state index contributed by atoms with van der Waals surface area (Å²) in [4.78, 5) is 22.0. The second-order valence-electron chi connectivity index (χ2n) is 5.27. The highest BCUT2D eigenvalue weighted by Crippen LogP contribution is 2.32. The molecule has 0 aliphatic rings. The molecule has 0 saturated heterocycles. The predicted octanol–water partition coefficient (Wildman–Crippen LogP) is 4.16. The summed E-state index contributed by atoms with van der Waals surface area (Å²) in [6.07, 6.45) is -4.68. The third-order valence-corrected chi connectivity index (χ3v) is 3.46. The summed E-state index contributed by atoms with van der Waals surface area (Å²) in [7, 11) is 0. The Morgan fingerprint density at radius 3 is 2.46 bits per heavy atom. The molecular formula is C17H15F3N2O4. The molecule has 0 unspecified atom stereocenters. The fraction of sp³-hybridized carbons (Fsp3) is 0.235. The van der Waals surface area contributed by atoms with E-state index < -0.39 is 29.2 Å². The number of carbonyl (C=O) groups is 1. The van der Waals surface area contributed by atoms with Crippen molar-refractivity contribution in [1.82, 2.24) is 0 Å². The highest BCUT2D eigenvalue weighted by molar-refractivity contribution is 5.70. The van der Waals surface area contributed by atoms with Crippen molar-refractivity contribution in [1.29, 1.82) is 0 Å². The molecule has 2 rings (SSSR count). The first-order valence-electron chi connectivity index (χ1n) is 7.57. The number of nitrogens with zero attached hydrogens (tertiary/aromatic N) is 1. The summed E-state index contributed by atoms with van der Waals surface area (Å²) in [5, 5.41) is 13.6. The van der Waals surface area contributed by atoms with E-state index in [1.807, 2.05) is 0 Å². The number of anilines is 1. The number of nitrogens with one attached hydrogen (secondary N) is 1. The van der Waals surface area contributed by atoms with Crippen molar-refractivity contribution in [3.63, 3.8) is 0 Å². The van der Waals surface area contributed by atoms with Crippen molar-refractivity contribution >= 4 is 17.3 Å². The zero-order valence-corrected chi connectivity index (χ0v) is 13.5. The quantitative estimate of drug-likeness (QED) is 0.451. The third-order valence-electron chi connectivity index (χ3n) is 3.46. The number of rotatable bonds is 7. The van der Waals surface area contributed by atoms with Gasteiger partial charge in [0.2, 0.25) is 0 Å². The van der Waals surface area contributed by atoms with Crippen molar-refractivity contribution in [2.75, 3.05) is 11.9 Å². The highest BCUT2D eigenvalue weighted by Gasteiger charge is 2.33. The number of ether oxygens (including phenoxy) is 1. The van der Waals surface area contributed by atoms with Gasteiger partial charge in [0.05, 0.1) is 16.9 Å². The highest BCUT2D eigenvalue weighted by atomic mass is 19.4. The van der Waals surface area contributed by atoms with Gasteiger partial charge < -0.3 is 10.1 Å². The van der Waals surface area contributed by atoms with Gasteiger partial charge in [0.25, 0.3) is 5.69 Å². The lowest BCUT2D eigenvalue weighted by Gasteiger charge is -2.13. The standard InChI is InChI=1S/C17H15F3N2O4/c18-17(19,20)13-6-2-1-5-12(13)11-26-16(23)9-10-21-14-7-3-4-8-15(14)22(24)25/h1-8,21H,9-11H2. The maximum atomic E-state index is 12.9. The molecule has 0 aliphatic heterocycles. The van der Waals surface area contributed by atoms with E-state index in [0.717, 1.165) is 6.07 Å². The van der Waals surface area contributed by atoms with Gasteiger partial charge in [-0.2, -0.15) is 13.2 Å². The fourth-order valence-corrected chi connectivity index (χ4v) is 2.23. The molecule has 138 valence electrons. The van der Waals surface area contributed by atoms with Crippen LogP contribution in [-0.2, 0) is 22.3 Å². The summed E-state index contributed by atoms with van der Waals surface area (Å²) in [5.41, 5.74) is -0.890. The summed E-state index contributed by atoms with van der Waals surface area (Å²) in [5.74, 6) is -0.715. The number of hydrogen-bond acceptors (Lipinski definition) is 5. The van der Waals surface area contributed by atoms with E-state index in [9.17, 15) is 28.1 Å². The van der Waals surface area contributed by atoms with Crippen molar-refractivity contribution < 1.29 is 27.6 Å². The Kier molecular flexibility index (Phi) is 6.16. The van der Waals surface area contributed by atoms with Crippen LogP contribution in [0, 0.1) is 10.1 Å². The van der Waals surface area contributed by atoms with Crippen LogP contribution >= 0.6 is 0 Å². The van der Waals surface area contributed by atoms with E-state index in [0.29, 0.717) is 0 Å². The largest absolute Gasteiger partial charge is 0.461 e. The monoisotopic (exact) mass is 368 g/mol. The van der Waals surface area contributed by atoms with E-state index in [4.69, 9.17) is 4.74 Å². The molecule has 2 aromatic rings. The molecule has 0 bridgehead atoms. The fourth-order valence-electron chi connectivity index (χ4n) is 2.23. The zero-order chi connectivity index (χ0) is 19.2. The van der Waals surface area contributed by atoms with Crippen LogP contribution in [0.4, 0.5) is 24.5 Å². The molecule has 0 spiro atoms. The van der Waals surface area contributed by atoms with Crippen LogP contribution in [0.2, 0.25) is 0 Å². The lowest BCUT2D eigenvalue weighted by Crippen LogP contribution is -2.14. The van der Waals surface area contributed by atoms with Crippen LogP contribution in [0.3, 0.4) is 0 Å². The predicted molar refractivity (Wildman–Crippen MR) is 87.4 cm³/mol. The molecule has 1 N–H and O–H groups in total. The van der Waals surface area contributed by atoms with Crippen LogP contribution in [0.25, 0.3) is 0 Å². The van der Waals surface area contributed by atoms with E-state index in [2.05, 4.69) is 5.32 Å². The number of benzene rings is 2. The number of nitro groups is 1. The van der Waals surface area contributed by atoms with E-state index in [-0.39, 0.29) is 29.9 Å². The van der Waals surface area contributed by atoms with Crippen LogP contribution in [0.5, 0.6) is 0 Å². The number of hydrogen-bond donors (Lipinski definition) is 1. The number of nitro benzene ring substituents is 1. The van der Waals surface area contributed by atoms with E-state index in [1.54, 1.807) is 6.07 Å². The van der Waals surface area contributed by atoms with Gasteiger partial charge in [0.1, 0.15) is 12.3 Å². The minimum absolute atomic E-state index is 0.0462. The van der Waals surface area contributed by atoms with Gasteiger partial charge in [0, 0.05) is 18.2 Å². The van der Waals surface area contributed by atoms with Crippen molar-refractivity contribution in [3.05, 3.63) is 69.8 Å². The zero-order valence-electron chi connectivity index (χ0n) is 13.5. The minimum atomic E-state index is -4.53. The number of esters is 1.